The zero-order valence-corrected chi connectivity index (χ0v) is 8.58. The number of hydrogen-bond donors (Lipinski definition) is 1. The second-order valence-electron chi connectivity index (χ2n) is 3.05. The summed E-state index contributed by atoms with van der Waals surface area (Å²) in [7, 11) is 0. The van der Waals surface area contributed by atoms with E-state index in [1.54, 1.807) is 24.4 Å². The van der Waals surface area contributed by atoms with Gasteiger partial charge in [-0.25, -0.2) is 9.07 Å². The first-order chi connectivity index (χ1) is 7.20. The van der Waals surface area contributed by atoms with Crippen LogP contribution in [0.2, 0.25) is 5.02 Å². The highest BCUT2D eigenvalue weighted by atomic mass is 35.5. The lowest BCUT2D eigenvalue weighted by Crippen LogP contribution is -2.02. The number of halogens is 2. The van der Waals surface area contributed by atoms with Gasteiger partial charge in [0.1, 0.15) is 11.5 Å². The summed E-state index contributed by atoms with van der Waals surface area (Å²) in [5.41, 5.74) is 6.49. The third-order valence-corrected chi connectivity index (χ3v) is 2.25. The highest BCUT2D eigenvalue weighted by Gasteiger charge is 2.06. The SMILES string of the molecule is NCc1ccn(-c2ccc(Cl)cc2F)n1. The summed E-state index contributed by atoms with van der Waals surface area (Å²) in [6, 6.07) is 6.18. The van der Waals surface area contributed by atoms with Gasteiger partial charge in [0.25, 0.3) is 0 Å². The molecule has 0 atom stereocenters. The molecule has 0 saturated carbocycles. The van der Waals surface area contributed by atoms with Crippen LogP contribution in [0.15, 0.2) is 30.5 Å². The second kappa shape index (κ2) is 4.00. The first-order valence-corrected chi connectivity index (χ1v) is 4.78. The fourth-order valence-electron chi connectivity index (χ4n) is 1.27. The molecule has 0 saturated heterocycles. The maximum atomic E-state index is 13.5. The van der Waals surface area contributed by atoms with E-state index in [4.69, 9.17) is 17.3 Å². The molecule has 1 aromatic carbocycles. The minimum Gasteiger partial charge on any atom is -0.325 e. The van der Waals surface area contributed by atoms with Crippen molar-refractivity contribution in [1.29, 1.82) is 0 Å². The van der Waals surface area contributed by atoms with E-state index >= 15 is 0 Å². The number of benzene rings is 1. The molecule has 1 heterocycles. The van der Waals surface area contributed by atoms with Crippen molar-refractivity contribution in [2.45, 2.75) is 6.54 Å². The van der Waals surface area contributed by atoms with Crippen molar-refractivity contribution in [2.75, 3.05) is 0 Å². The lowest BCUT2D eigenvalue weighted by atomic mass is 10.3. The molecule has 3 nitrogen and oxygen atoms in total. The molecule has 0 spiro atoms. The van der Waals surface area contributed by atoms with Gasteiger partial charge in [0.05, 0.1) is 5.69 Å². The third-order valence-electron chi connectivity index (χ3n) is 2.01. The molecule has 2 N–H and O–H groups in total. The Morgan fingerprint density at radius 2 is 2.20 bits per heavy atom. The van der Waals surface area contributed by atoms with E-state index in [0.29, 0.717) is 22.9 Å². The van der Waals surface area contributed by atoms with Crippen LogP contribution in [0.25, 0.3) is 5.69 Å². The molecule has 15 heavy (non-hydrogen) atoms. The highest BCUT2D eigenvalue weighted by molar-refractivity contribution is 6.30. The van der Waals surface area contributed by atoms with Crippen molar-refractivity contribution in [3.63, 3.8) is 0 Å². The lowest BCUT2D eigenvalue weighted by Gasteiger charge is -2.02. The van der Waals surface area contributed by atoms with Crippen LogP contribution < -0.4 is 5.73 Å². The van der Waals surface area contributed by atoms with Gasteiger partial charge in [-0.3, -0.25) is 0 Å². The Kier molecular flexibility index (Phi) is 2.70. The Balaban J connectivity index is 2.44. The molecule has 0 aliphatic rings. The summed E-state index contributed by atoms with van der Waals surface area (Å²) in [6.45, 7) is 0.336. The summed E-state index contributed by atoms with van der Waals surface area (Å²) < 4.78 is 14.9. The van der Waals surface area contributed by atoms with E-state index in [0.717, 1.165) is 0 Å². The first kappa shape index (κ1) is 10.1. The molecule has 0 aliphatic heterocycles. The molecule has 0 radical (unpaired) electrons. The van der Waals surface area contributed by atoms with E-state index in [-0.39, 0.29) is 0 Å². The zero-order valence-electron chi connectivity index (χ0n) is 7.82. The molecular formula is C10H9ClFN3. The molecule has 0 unspecified atom stereocenters. The van der Waals surface area contributed by atoms with Gasteiger partial charge in [-0.15, -0.1) is 0 Å². The summed E-state index contributed by atoms with van der Waals surface area (Å²) >= 11 is 5.65. The maximum absolute atomic E-state index is 13.5. The molecule has 78 valence electrons. The van der Waals surface area contributed by atoms with Crippen LogP contribution in [0.4, 0.5) is 4.39 Å². The monoisotopic (exact) mass is 225 g/mol. The summed E-state index contributed by atoms with van der Waals surface area (Å²) in [6.07, 6.45) is 1.66. The summed E-state index contributed by atoms with van der Waals surface area (Å²) in [5.74, 6) is -0.408. The molecular weight excluding hydrogens is 217 g/mol. The predicted octanol–water partition coefficient (Wildman–Crippen LogP) is 2.12. The van der Waals surface area contributed by atoms with Crippen LogP contribution in [0.1, 0.15) is 5.69 Å². The molecule has 2 aromatic rings. The molecule has 0 aliphatic carbocycles. The number of hydrogen-bond acceptors (Lipinski definition) is 2. The fraction of sp³-hybridized carbons (Fsp3) is 0.100. The lowest BCUT2D eigenvalue weighted by molar-refractivity contribution is 0.610. The second-order valence-corrected chi connectivity index (χ2v) is 3.49. The first-order valence-electron chi connectivity index (χ1n) is 4.41. The van der Waals surface area contributed by atoms with Crippen molar-refractivity contribution in [3.8, 4) is 5.69 Å². The average Bonchev–Trinajstić information content (AvgIpc) is 2.66. The quantitative estimate of drug-likeness (QED) is 0.851. The van der Waals surface area contributed by atoms with Crippen molar-refractivity contribution < 1.29 is 4.39 Å². The van der Waals surface area contributed by atoms with Gasteiger partial charge in [-0.1, -0.05) is 11.6 Å². The van der Waals surface area contributed by atoms with Gasteiger partial charge in [-0.2, -0.15) is 5.10 Å². The predicted molar refractivity (Wildman–Crippen MR) is 56.4 cm³/mol. The van der Waals surface area contributed by atoms with Crippen LogP contribution >= 0.6 is 11.6 Å². The van der Waals surface area contributed by atoms with E-state index in [2.05, 4.69) is 5.10 Å². The molecule has 2 rings (SSSR count). The fourth-order valence-corrected chi connectivity index (χ4v) is 1.43. The standard InChI is InChI=1S/C10H9ClFN3/c11-7-1-2-10(9(12)5-7)15-4-3-8(6-13)14-15/h1-5H,6,13H2. The number of aromatic nitrogens is 2. The summed E-state index contributed by atoms with van der Waals surface area (Å²) in [4.78, 5) is 0. The zero-order chi connectivity index (χ0) is 10.8. The highest BCUT2D eigenvalue weighted by Crippen LogP contribution is 2.17. The Labute approximate surface area is 91.3 Å². The van der Waals surface area contributed by atoms with Gasteiger partial charge >= 0.3 is 0 Å². The van der Waals surface area contributed by atoms with Crippen molar-refractivity contribution in [1.82, 2.24) is 9.78 Å². The van der Waals surface area contributed by atoms with Crippen molar-refractivity contribution >= 4 is 11.6 Å². The minimum absolute atomic E-state index is 0.336. The maximum Gasteiger partial charge on any atom is 0.150 e. The van der Waals surface area contributed by atoms with Gasteiger partial charge < -0.3 is 5.73 Å². The van der Waals surface area contributed by atoms with Gasteiger partial charge in [0.2, 0.25) is 0 Å². The van der Waals surface area contributed by atoms with Crippen molar-refractivity contribution in [2.24, 2.45) is 5.73 Å². The molecule has 0 fully saturated rings. The van der Waals surface area contributed by atoms with Gasteiger partial charge in [-0.05, 0) is 24.3 Å². The number of rotatable bonds is 2. The van der Waals surface area contributed by atoms with Crippen molar-refractivity contribution in [3.05, 3.63) is 47.0 Å². The van der Waals surface area contributed by atoms with E-state index < -0.39 is 5.82 Å². The molecule has 1 aromatic heterocycles. The third kappa shape index (κ3) is 2.00. The topological polar surface area (TPSA) is 43.8 Å². The Bertz CT molecular complexity index is 481. The number of nitrogens with two attached hydrogens (primary N) is 1. The van der Waals surface area contributed by atoms with Crippen LogP contribution in [-0.2, 0) is 6.54 Å². The van der Waals surface area contributed by atoms with E-state index in [9.17, 15) is 4.39 Å². The van der Waals surface area contributed by atoms with Crippen LogP contribution in [0.5, 0.6) is 0 Å². The van der Waals surface area contributed by atoms with Gasteiger partial charge in [0, 0.05) is 17.8 Å². The Hall–Kier alpha value is -1.39. The Morgan fingerprint density at radius 3 is 2.80 bits per heavy atom. The summed E-state index contributed by atoms with van der Waals surface area (Å²) in [5, 5.41) is 4.46. The normalized spacial score (nSPS) is 10.6. The largest absolute Gasteiger partial charge is 0.325 e. The number of nitrogens with zero attached hydrogens (tertiary/aromatic N) is 2. The van der Waals surface area contributed by atoms with Crippen LogP contribution in [0, 0.1) is 5.82 Å². The van der Waals surface area contributed by atoms with Gasteiger partial charge in [0.15, 0.2) is 0 Å². The van der Waals surface area contributed by atoms with E-state index in [1.165, 1.54) is 10.7 Å². The van der Waals surface area contributed by atoms with Crippen LogP contribution in [-0.4, -0.2) is 9.78 Å². The smallest absolute Gasteiger partial charge is 0.150 e. The van der Waals surface area contributed by atoms with Crippen LogP contribution in [0.3, 0.4) is 0 Å². The average molecular weight is 226 g/mol. The van der Waals surface area contributed by atoms with E-state index in [1.807, 2.05) is 0 Å². The molecule has 0 amide bonds. The molecule has 0 bridgehead atoms. The molecule has 5 heteroatoms. The Morgan fingerprint density at radius 1 is 1.40 bits per heavy atom. The minimum atomic E-state index is -0.408.